The number of urea groups is 1. The van der Waals surface area contributed by atoms with Gasteiger partial charge in [0.25, 0.3) is 0 Å². The van der Waals surface area contributed by atoms with Crippen LogP contribution < -0.4 is 0 Å². The molecule has 0 spiro atoms. The second kappa shape index (κ2) is 5.25. The number of likely N-dealkylation sites (N-methyl/N-ethyl adjacent to an activating group) is 1. The maximum atomic E-state index is 12.3. The number of amides is 2. The Bertz CT molecular complexity index is 383. The zero-order chi connectivity index (χ0) is 13.9. The van der Waals surface area contributed by atoms with E-state index in [2.05, 4.69) is 0 Å². The third-order valence-corrected chi connectivity index (χ3v) is 3.35. The fourth-order valence-electron chi connectivity index (χ4n) is 1.57. The van der Waals surface area contributed by atoms with E-state index in [1.54, 1.807) is 4.90 Å². The number of hydrogen-bond acceptors (Lipinski definition) is 3. The first-order chi connectivity index (χ1) is 8.32. The van der Waals surface area contributed by atoms with E-state index in [-0.39, 0.29) is 18.5 Å². The summed E-state index contributed by atoms with van der Waals surface area (Å²) in [6.45, 7) is 3.34. The molecule has 2 amide bonds. The van der Waals surface area contributed by atoms with Crippen molar-refractivity contribution in [2.45, 2.75) is 44.7 Å². The molecule has 0 aromatic rings. The molecule has 0 saturated heterocycles. The molecule has 1 N–H and O–H groups in total. The third-order valence-electron chi connectivity index (χ3n) is 3.35. The fraction of sp³-hybridized carbons (Fsp3) is 0.750. The molecular formula is C12H19N3O3. The Kier molecular flexibility index (Phi) is 4.17. The zero-order valence-electron chi connectivity index (χ0n) is 11.0. The van der Waals surface area contributed by atoms with Gasteiger partial charge in [0.05, 0.1) is 12.5 Å². The monoisotopic (exact) mass is 253 g/mol. The first-order valence-electron chi connectivity index (χ1n) is 5.97. The van der Waals surface area contributed by atoms with E-state index >= 15 is 0 Å². The van der Waals surface area contributed by atoms with Gasteiger partial charge >= 0.3 is 12.0 Å². The van der Waals surface area contributed by atoms with Gasteiger partial charge in [-0.1, -0.05) is 0 Å². The summed E-state index contributed by atoms with van der Waals surface area (Å²) in [5.41, 5.74) is -1.25. The largest absolute Gasteiger partial charge is 0.480 e. The minimum absolute atomic E-state index is 0.165. The third kappa shape index (κ3) is 2.92. The summed E-state index contributed by atoms with van der Waals surface area (Å²) in [5.74, 6) is -1.05. The fourth-order valence-corrected chi connectivity index (χ4v) is 1.57. The van der Waals surface area contributed by atoms with Crippen LogP contribution in [0.25, 0.3) is 0 Å². The van der Waals surface area contributed by atoms with E-state index in [0.29, 0.717) is 6.54 Å². The van der Waals surface area contributed by atoms with E-state index in [0.717, 1.165) is 12.8 Å². The second-order valence-corrected chi connectivity index (χ2v) is 5.04. The minimum Gasteiger partial charge on any atom is -0.480 e. The molecule has 18 heavy (non-hydrogen) atoms. The van der Waals surface area contributed by atoms with Gasteiger partial charge in [-0.3, -0.25) is 0 Å². The van der Waals surface area contributed by atoms with Crippen molar-refractivity contribution in [3.63, 3.8) is 0 Å². The van der Waals surface area contributed by atoms with Gasteiger partial charge in [-0.05, 0) is 26.7 Å². The second-order valence-electron chi connectivity index (χ2n) is 5.04. The van der Waals surface area contributed by atoms with Crippen molar-refractivity contribution < 1.29 is 14.7 Å². The van der Waals surface area contributed by atoms with E-state index in [9.17, 15) is 9.59 Å². The smallest absolute Gasteiger partial charge is 0.329 e. The van der Waals surface area contributed by atoms with Crippen LogP contribution >= 0.6 is 0 Å². The molecule has 1 aliphatic rings. The van der Waals surface area contributed by atoms with Crippen molar-refractivity contribution in [3.8, 4) is 6.07 Å². The van der Waals surface area contributed by atoms with E-state index < -0.39 is 11.5 Å². The summed E-state index contributed by atoms with van der Waals surface area (Å²) in [6.07, 6.45) is 2.13. The topological polar surface area (TPSA) is 84.6 Å². The molecule has 1 saturated carbocycles. The molecule has 0 aromatic heterocycles. The Balaban J connectivity index is 2.77. The van der Waals surface area contributed by atoms with Crippen LogP contribution in [-0.2, 0) is 4.79 Å². The highest BCUT2D eigenvalue weighted by Gasteiger charge is 2.40. The summed E-state index contributed by atoms with van der Waals surface area (Å²) in [5, 5.41) is 17.7. The number of carbonyl (C=O) groups is 2. The highest BCUT2D eigenvalue weighted by molar-refractivity contribution is 5.85. The standard InChI is InChI=1S/C12H19N3O3/c1-12(2,10(16)17)14(3)11(18)15(8-4-7-13)9-5-6-9/h9H,4-6,8H2,1-3H3,(H,16,17). The predicted molar refractivity (Wildman–Crippen MR) is 64.8 cm³/mol. The van der Waals surface area contributed by atoms with Crippen LogP contribution in [-0.4, -0.2) is 52.1 Å². The number of carboxylic acid groups (broad SMARTS) is 1. The van der Waals surface area contributed by atoms with Gasteiger partial charge in [0.1, 0.15) is 5.54 Å². The SMILES string of the molecule is CN(C(=O)N(CCC#N)C1CC1)C(C)(C)C(=O)O. The van der Waals surface area contributed by atoms with Gasteiger partial charge in [-0.2, -0.15) is 5.26 Å². The average Bonchev–Trinajstić information content (AvgIpc) is 3.12. The summed E-state index contributed by atoms with van der Waals surface area (Å²) in [6, 6.07) is 1.85. The first-order valence-corrected chi connectivity index (χ1v) is 5.97. The Labute approximate surface area is 107 Å². The summed E-state index contributed by atoms with van der Waals surface area (Å²) < 4.78 is 0. The molecular weight excluding hydrogens is 234 g/mol. The first kappa shape index (κ1) is 14.3. The van der Waals surface area contributed by atoms with Crippen LogP contribution in [0.15, 0.2) is 0 Å². The van der Waals surface area contributed by atoms with Gasteiger partial charge in [-0.15, -0.1) is 0 Å². The molecule has 1 fully saturated rings. The van der Waals surface area contributed by atoms with E-state index in [4.69, 9.17) is 10.4 Å². The zero-order valence-corrected chi connectivity index (χ0v) is 11.0. The van der Waals surface area contributed by atoms with Crippen molar-refractivity contribution in [2.75, 3.05) is 13.6 Å². The number of aliphatic carboxylic acids is 1. The van der Waals surface area contributed by atoms with Crippen LogP contribution in [0.1, 0.15) is 33.1 Å². The Morgan fingerprint density at radius 3 is 2.39 bits per heavy atom. The summed E-state index contributed by atoms with van der Waals surface area (Å²) in [7, 11) is 1.48. The van der Waals surface area contributed by atoms with Crippen LogP contribution in [0.4, 0.5) is 4.79 Å². The lowest BCUT2D eigenvalue weighted by molar-refractivity contribution is -0.147. The lowest BCUT2D eigenvalue weighted by atomic mass is 10.0. The quantitative estimate of drug-likeness (QED) is 0.799. The number of carbonyl (C=O) groups excluding carboxylic acids is 1. The van der Waals surface area contributed by atoms with Gasteiger partial charge in [0.2, 0.25) is 0 Å². The number of nitriles is 1. The van der Waals surface area contributed by atoms with Gasteiger partial charge in [0, 0.05) is 19.6 Å². The Morgan fingerprint density at radius 1 is 1.44 bits per heavy atom. The lowest BCUT2D eigenvalue weighted by Crippen LogP contribution is -2.55. The van der Waals surface area contributed by atoms with Crippen molar-refractivity contribution >= 4 is 12.0 Å². The summed E-state index contributed by atoms with van der Waals surface area (Å²) in [4.78, 5) is 26.2. The van der Waals surface area contributed by atoms with Crippen molar-refractivity contribution in [3.05, 3.63) is 0 Å². The number of carboxylic acids is 1. The maximum Gasteiger partial charge on any atom is 0.329 e. The van der Waals surface area contributed by atoms with Gasteiger partial charge in [-0.25, -0.2) is 9.59 Å². The molecule has 0 atom stereocenters. The molecule has 1 rings (SSSR count). The number of rotatable bonds is 5. The Hall–Kier alpha value is -1.77. The maximum absolute atomic E-state index is 12.3. The molecule has 1 aliphatic carbocycles. The molecule has 0 aliphatic heterocycles. The predicted octanol–water partition coefficient (Wildman–Crippen LogP) is 1.28. The van der Waals surface area contributed by atoms with Crippen LogP contribution in [0.3, 0.4) is 0 Å². The minimum atomic E-state index is -1.25. The van der Waals surface area contributed by atoms with Gasteiger partial charge in [0.15, 0.2) is 0 Å². The molecule has 0 unspecified atom stereocenters. The van der Waals surface area contributed by atoms with E-state index in [1.165, 1.54) is 25.8 Å². The molecule has 6 nitrogen and oxygen atoms in total. The van der Waals surface area contributed by atoms with Crippen molar-refractivity contribution in [1.29, 1.82) is 5.26 Å². The molecule has 6 heteroatoms. The molecule has 0 heterocycles. The average molecular weight is 253 g/mol. The normalized spacial score (nSPS) is 14.8. The highest BCUT2D eigenvalue weighted by Crippen LogP contribution is 2.29. The van der Waals surface area contributed by atoms with Crippen LogP contribution in [0, 0.1) is 11.3 Å². The molecule has 0 aromatic carbocycles. The number of hydrogen-bond donors (Lipinski definition) is 1. The molecule has 100 valence electrons. The van der Waals surface area contributed by atoms with Crippen LogP contribution in [0.5, 0.6) is 0 Å². The van der Waals surface area contributed by atoms with Crippen molar-refractivity contribution in [2.24, 2.45) is 0 Å². The van der Waals surface area contributed by atoms with Crippen LogP contribution in [0.2, 0.25) is 0 Å². The lowest BCUT2D eigenvalue weighted by Gasteiger charge is -2.36. The van der Waals surface area contributed by atoms with Gasteiger partial charge < -0.3 is 14.9 Å². The Morgan fingerprint density at radius 2 is 2.00 bits per heavy atom. The number of nitrogens with zero attached hydrogens (tertiary/aromatic N) is 3. The molecule has 0 radical (unpaired) electrons. The highest BCUT2D eigenvalue weighted by atomic mass is 16.4. The van der Waals surface area contributed by atoms with E-state index in [1.807, 2.05) is 6.07 Å². The molecule has 0 bridgehead atoms. The van der Waals surface area contributed by atoms with Crippen molar-refractivity contribution in [1.82, 2.24) is 9.80 Å². The summed E-state index contributed by atoms with van der Waals surface area (Å²) >= 11 is 0.